The smallest absolute Gasteiger partial charge is 0.326 e. The molecular formula is C66H104N20O36S4. The molecule has 13 aliphatic heterocycles. The van der Waals surface area contributed by atoms with Crippen LogP contribution in [0.3, 0.4) is 0 Å². The van der Waals surface area contributed by atoms with Crippen LogP contribution in [-0.4, -0.2) is 478 Å². The van der Waals surface area contributed by atoms with Gasteiger partial charge in [0.15, 0.2) is 47.3 Å². The third kappa shape index (κ3) is 16.7. The van der Waals surface area contributed by atoms with E-state index in [1.54, 1.807) is 27.7 Å². The summed E-state index contributed by atoms with van der Waals surface area (Å²) in [5.41, 5.74) is 9.51. The summed E-state index contributed by atoms with van der Waals surface area (Å²) in [6.07, 6.45) is -5.28. The third-order valence-electron chi connectivity index (χ3n) is 24.8. The van der Waals surface area contributed by atoms with Gasteiger partial charge in [0.2, 0.25) is 0 Å². The molecule has 2 aromatic carbocycles. The van der Waals surface area contributed by atoms with Gasteiger partial charge in [-0.3, -0.25) is 96.6 Å². The topological polar surface area (TPSA) is 790 Å². The number of urea groups is 8. The van der Waals surface area contributed by atoms with Crippen LogP contribution in [0.1, 0.15) is 49.9 Å². The Morgan fingerprint density at radius 3 is 0.579 bits per heavy atom. The number of rotatable bonds is 28. The fourth-order valence-corrected chi connectivity index (χ4v) is 18.0. The number of ether oxygens (including phenoxy) is 4. The average Bonchev–Trinajstić information content (AvgIpc) is 1.49. The normalized spacial score (nSPS) is 25.7. The number of carbonyl (C=O) groups excluding carboxylic acids is 8. The molecular weight excluding hydrogens is 1780 g/mol. The Bertz CT molecular complexity index is 4420. The van der Waals surface area contributed by atoms with Crippen molar-refractivity contribution < 1.29 is 170 Å². The highest BCUT2D eigenvalue weighted by Gasteiger charge is 2.80. The van der Waals surface area contributed by atoms with Gasteiger partial charge in [0, 0.05) is 22.3 Å². The predicted octanol–water partition coefficient (Wildman–Crippen LogP) is -11.0. The molecule has 11 saturated heterocycles. The quantitative estimate of drug-likeness (QED) is 0.0352. The molecule has 0 spiro atoms. The van der Waals surface area contributed by atoms with Crippen LogP contribution < -0.4 is 41.9 Å². The zero-order valence-electron chi connectivity index (χ0n) is 68.3. The van der Waals surface area contributed by atoms with Gasteiger partial charge in [-0.05, 0) is 52.0 Å². The molecule has 13 heterocycles. The van der Waals surface area contributed by atoms with Gasteiger partial charge in [-0.15, -0.1) is 0 Å². The molecule has 0 unspecified atom stereocenters. The van der Waals surface area contributed by atoms with Gasteiger partial charge >= 0.3 is 48.2 Å². The summed E-state index contributed by atoms with van der Waals surface area (Å²) in [7, 11) is -18.2. The summed E-state index contributed by atoms with van der Waals surface area (Å²) in [6.45, 7) is -5.91. The molecule has 0 aromatic heterocycles. The van der Waals surface area contributed by atoms with Crippen molar-refractivity contribution in [2.24, 2.45) is 22.9 Å². The van der Waals surface area contributed by atoms with Gasteiger partial charge < -0.3 is 103 Å². The number of hydrogen-bond donors (Lipinski definition) is 20. The lowest BCUT2D eigenvalue weighted by molar-refractivity contribution is -0.0871. The van der Waals surface area contributed by atoms with Crippen LogP contribution in [0.5, 0.6) is 23.0 Å². The number of carbonyl (C=O) groups is 8. The Hall–Kier alpha value is -9.20. The zero-order chi connectivity index (χ0) is 93.7. The molecule has 13 aliphatic rings. The second-order valence-electron chi connectivity index (χ2n) is 32.6. The minimum atomic E-state index is -4.54. The first-order chi connectivity index (χ1) is 58.7. The Morgan fingerprint density at radius 2 is 0.437 bits per heavy atom. The van der Waals surface area contributed by atoms with Crippen LogP contribution in [0, 0.1) is 0 Å². The molecule has 0 saturated carbocycles. The Kier molecular flexibility index (Phi) is 27.1. The zero-order valence-corrected chi connectivity index (χ0v) is 71.5. The molecule has 0 atom stereocenters. The summed E-state index contributed by atoms with van der Waals surface area (Å²) >= 11 is 0. The van der Waals surface area contributed by atoms with Crippen LogP contribution in [0.25, 0.3) is 0 Å². The Balaban J connectivity index is 0.000000409. The molecule has 11 fully saturated rings. The van der Waals surface area contributed by atoms with E-state index in [1.165, 1.54) is 103 Å². The largest absolute Gasteiger partial charge is 0.492 e. The molecule has 0 aliphatic carbocycles. The summed E-state index contributed by atoms with van der Waals surface area (Å²) in [6, 6.07) is -0.702. The first kappa shape index (κ1) is 97.4. The number of benzene rings is 2. The van der Waals surface area contributed by atoms with Crippen LogP contribution >= 0.6 is 0 Å². The lowest BCUT2D eigenvalue weighted by atomic mass is 9.95. The van der Waals surface area contributed by atoms with Crippen molar-refractivity contribution >= 4 is 88.7 Å². The number of aliphatic hydroxyl groups excluding tert-OH is 12. The standard InChI is InChI=1S/C50H60N16O24S4.4C4H11NO3/c1-47-49(3)63-23-55-37-35-51(39(55)67)21-53-36-38-57(41(53)69)25-65-45(73)61-19-29-30(34(90-12-16-94(84,85)86)8-7-33(29)89-11-15-93(81,82)83)20-62-46(74)66(50(65,4)48(61,62)2)26-58(38)42(70)54(36)22-52(35)40(68)56(37)24-64(49)44(72)60(47)18-28-27(17-59(47)43(63)71)31(87-9-13-91(75,76)77)5-6-32(28)88-10-14-92(78,79)80;4*5-4(1-6,2-7)3-8/h5-8,35-38H,9-26H2,1-4H3,(H,75,76,77)(H,78,79,80)(H,81,82,83)(H,84,85,86);4*6-8H,1-3,5H2. The molecule has 126 heavy (non-hydrogen) atoms. The van der Waals surface area contributed by atoms with Crippen LogP contribution in [0.15, 0.2) is 24.3 Å². The molecule has 0 radical (unpaired) electrons. The van der Waals surface area contributed by atoms with E-state index < -0.39 is 327 Å². The first-order valence-corrected chi connectivity index (χ1v) is 44.8. The van der Waals surface area contributed by atoms with Crippen molar-refractivity contribution in [3.05, 3.63) is 46.5 Å². The second-order valence-corrected chi connectivity index (χ2v) is 38.9. The minimum absolute atomic E-state index is 0.00665. The van der Waals surface area contributed by atoms with Crippen LogP contribution in [0.2, 0.25) is 0 Å². The third-order valence-corrected chi connectivity index (χ3v) is 27.5. The van der Waals surface area contributed by atoms with Gasteiger partial charge in [0.1, 0.15) is 112 Å². The maximum atomic E-state index is 15.5. The van der Waals surface area contributed by atoms with E-state index in [9.17, 15) is 51.9 Å². The van der Waals surface area contributed by atoms with Gasteiger partial charge in [-0.2, -0.15) is 33.7 Å². The summed E-state index contributed by atoms with van der Waals surface area (Å²) in [5.74, 6) is -3.40. The highest BCUT2D eigenvalue weighted by Crippen LogP contribution is 2.60. The average molecular weight is 1880 g/mol. The van der Waals surface area contributed by atoms with E-state index in [1.807, 2.05) is 0 Å². The maximum Gasteiger partial charge on any atom is 0.326 e. The number of hydrogen-bond acceptors (Lipinski definition) is 36. The van der Waals surface area contributed by atoms with Gasteiger partial charge in [0.05, 0.1) is 128 Å². The minimum Gasteiger partial charge on any atom is -0.492 e. The maximum absolute atomic E-state index is 15.5. The molecule has 24 N–H and O–H groups in total. The van der Waals surface area contributed by atoms with Crippen molar-refractivity contribution in [1.82, 2.24) is 78.4 Å². The van der Waals surface area contributed by atoms with E-state index >= 15 is 38.4 Å². The Labute approximate surface area is 718 Å². The molecule has 60 heteroatoms. The van der Waals surface area contributed by atoms with E-state index in [-0.39, 0.29) is 71.4 Å². The van der Waals surface area contributed by atoms with Crippen molar-refractivity contribution in [3.8, 4) is 23.0 Å². The monoisotopic (exact) mass is 1880 g/mol. The predicted molar refractivity (Wildman–Crippen MR) is 419 cm³/mol. The van der Waals surface area contributed by atoms with E-state index in [4.69, 9.17) is 103 Å². The number of fused-ring (bicyclic) bond motifs is 2. The van der Waals surface area contributed by atoms with E-state index in [0.29, 0.717) is 0 Å². The van der Waals surface area contributed by atoms with Crippen molar-refractivity contribution in [1.29, 1.82) is 0 Å². The van der Waals surface area contributed by atoms with Crippen LogP contribution in [0.4, 0.5) is 38.4 Å². The SMILES string of the molecule is CC12N3Cc4c(OCCS(=O)(=O)O)ccc(OCCS(=O)(=O)O)c4CN1C(=O)N1CN4C(=O)N5CN6C(=O)N7CN8C(=O)N9Cc%10c(OCCS(=O)(=O)O)ccc(OCCS(=O)(=O)O)c%10CN%10C(=O)N(CN%11C(=O)N(CN%12C(=O)N(CN(C3=O)C12C)C4C%125)C6C%117)C8(C)C%109C.NC(CO)(CO)CO.NC(CO)(CO)CO.NC(CO)(CO)CO.NC(CO)(CO)CO. The second kappa shape index (κ2) is 35.0. The molecule has 56 nitrogen and oxygen atoms in total. The highest BCUT2D eigenvalue weighted by molar-refractivity contribution is 7.86. The van der Waals surface area contributed by atoms with E-state index in [2.05, 4.69) is 0 Å². The fraction of sp³-hybridized carbons (Fsp3) is 0.697. The molecule has 2 aromatic rings. The highest BCUT2D eigenvalue weighted by atomic mass is 32.2. The van der Waals surface area contributed by atoms with Gasteiger partial charge in [-0.1, -0.05) is 0 Å². The number of nitrogens with zero attached hydrogens (tertiary/aromatic N) is 16. The first-order valence-electron chi connectivity index (χ1n) is 38.4. The van der Waals surface area contributed by atoms with Crippen LogP contribution in [-0.2, 0) is 66.7 Å². The summed E-state index contributed by atoms with van der Waals surface area (Å²) in [4.78, 5) is 145. The lowest BCUT2D eigenvalue weighted by Gasteiger charge is -2.49. The lowest BCUT2D eigenvalue weighted by Crippen LogP contribution is -2.69. The molecule has 15 rings (SSSR count). The Morgan fingerprint density at radius 1 is 0.286 bits per heavy atom. The van der Waals surface area contributed by atoms with Crippen molar-refractivity contribution in [2.45, 2.75) is 123 Å². The summed E-state index contributed by atoms with van der Waals surface area (Å²) in [5, 5.41) is 100. The van der Waals surface area contributed by atoms with Crippen molar-refractivity contribution in [3.63, 3.8) is 0 Å². The summed E-state index contributed by atoms with van der Waals surface area (Å²) < 4.78 is 156. The van der Waals surface area contributed by atoms with Gasteiger partial charge in [-0.25, -0.2) is 38.4 Å². The molecule has 16 amide bonds. The van der Waals surface area contributed by atoms with E-state index in [0.717, 1.165) is 0 Å². The van der Waals surface area contributed by atoms with Gasteiger partial charge in [0.25, 0.3) is 40.5 Å². The van der Waals surface area contributed by atoms with Crippen molar-refractivity contribution in [2.75, 3.05) is 169 Å². The number of amides is 16. The fourth-order valence-electron chi connectivity index (χ4n) is 16.8. The molecule has 0 bridgehead atoms. The number of aliphatic hydroxyl groups is 12. The number of nitrogens with two attached hydrogens (primary N) is 4. The molecule has 708 valence electrons.